The lowest BCUT2D eigenvalue weighted by Crippen LogP contribution is -2.49. The zero-order valence-electron chi connectivity index (χ0n) is 16.1. The van der Waals surface area contributed by atoms with E-state index in [1.165, 1.54) is 5.19 Å². The Balaban J connectivity index is 1.42. The van der Waals surface area contributed by atoms with Crippen molar-refractivity contribution in [3.63, 3.8) is 0 Å². The molecule has 3 rings (SSSR count). The standard InChI is InChI=1S/C20H30N4OSi/c1-18(17-25-26(2,3)19-8-5-4-6-9-19)16-23-12-14-24(15-13-23)20-21-10-7-11-22-20/h4-11,18H,12-17H2,1-3H3/t18-/m1/s1. The summed E-state index contributed by atoms with van der Waals surface area (Å²) in [6.07, 6.45) is 3.62. The molecule has 0 aliphatic carbocycles. The van der Waals surface area contributed by atoms with Crippen LogP contribution in [0, 0.1) is 5.92 Å². The zero-order valence-corrected chi connectivity index (χ0v) is 17.1. The van der Waals surface area contributed by atoms with Crippen LogP contribution in [0.1, 0.15) is 6.92 Å². The van der Waals surface area contributed by atoms with E-state index in [-0.39, 0.29) is 0 Å². The average molecular weight is 371 g/mol. The zero-order chi connectivity index (χ0) is 18.4. The summed E-state index contributed by atoms with van der Waals surface area (Å²) in [5, 5.41) is 1.36. The summed E-state index contributed by atoms with van der Waals surface area (Å²) in [5.41, 5.74) is 0. The molecule has 5 nitrogen and oxygen atoms in total. The molecule has 0 unspecified atom stereocenters. The van der Waals surface area contributed by atoms with Gasteiger partial charge in [-0.2, -0.15) is 0 Å². The summed E-state index contributed by atoms with van der Waals surface area (Å²) in [6, 6.07) is 12.5. The molecule has 1 aromatic heterocycles. The Hall–Kier alpha value is -1.76. The van der Waals surface area contributed by atoms with Gasteiger partial charge in [0.2, 0.25) is 14.3 Å². The minimum atomic E-state index is -1.81. The first-order valence-electron chi connectivity index (χ1n) is 9.48. The van der Waals surface area contributed by atoms with E-state index in [2.05, 4.69) is 70.1 Å². The number of aromatic nitrogens is 2. The molecule has 6 heteroatoms. The lowest BCUT2D eigenvalue weighted by atomic mass is 10.1. The van der Waals surface area contributed by atoms with Crippen molar-refractivity contribution in [1.29, 1.82) is 0 Å². The molecule has 0 amide bonds. The van der Waals surface area contributed by atoms with Crippen LogP contribution in [0.4, 0.5) is 5.95 Å². The molecule has 1 fully saturated rings. The second-order valence-electron chi connectivity index (χ2n) is 7.63. The highest BCUT2D eigenvalue weighted by Crippen LogP contribution is 2.13. The van der Waals surface area contributed by atoms with Gasteiger partial charge in [0.15, 0.2) is 0 Å². The van der Waals surface area contributed by atoms with Gasteiger partial charge in [0.25, 0.3) is 0 Å². The van der Waals surface area contributed by atoms with Crippen LogP contribution in [-0.2, 0) is 4.43 Å². The Morgan fingerprint density at radius 1 is 1.00 bits per heavy atom. The van der Waals surface area contributed by atoms with Crippen LogP contribution >= 0.6 is 0 Å². The minimum Gasteiger partial charge on any atom is -0.413 e. The lowest BCUT2D eigenvalue weighted by Gasteiger charge is -2.36. The maximum atomic E-state index is 6.39. The van der Waals surface area contributed by atoms with Crippen LogP contribution in [0.25, 0.3) is 0 Å². The Morgan fingerprint density at radius 3 is 2.31 bits per heavy atom. The van der Waals surface area contributed by atoms with Crippen LogP contribution in [0.2, 0.25) is 13.1 Å². The molecule has 2 heterocycles. The first-order chi connectivity index (χ1) is 12.5. The van der Waals surface area contributed by atoms with E-state index >= 15 is 0 Å². The average Bonchev–Trinajstić information content (AvgIpc) is 2.68. The number of benzene rings is 1. The summed E-state index contributed by atoms with van der Waals surface area (Å²) in [5.74, 6) is 1.38. The summed E-state index contributed by atoms with van der Waals surface area (Å²) in [6.45, 7) is 12.9. The summed E-state index contributed by atoms with van der Waals surface area (Å²) in [4.78, 5) is 13.5. The van der Waals surface area contributed by atoms with E-state index in [4.69, 9.17) is 4.43 Å². The molecule has 1 atom stereocenters. The van der Waals surface area contributed by atoms with Crippen LogP contribution < -0.4 is 10.1 Å². The summed E-state index contributed by atoms with van der Waals surface area (Å²) < 4.78 is 6.39. The molecular formula is C20H30N4OSi. The van der Waals surface area contributed by atoms with Gasteiger partial charge >= 0.3 is 0 Å². The minimum absolute atomic E-state index is 0.532. The number of rotatable bonds is 7. The summed E-state index contributed by atoms with van der Waals surface area (Å²) in [7, 11) is -1.81. The molecule has 1 aromatic carbocycles. The molecule has 26 heavy (non-hydrogen) atoms. The molecule has 1 aliphatic heterocycles. The molecule has 0 radical (unpaired) electrons. The van der Waals surface area contributed by atoms with Gasteiger partial charge in [0, 0.05) is 51.7 Å². The normalized spacial score (nSPS) is 17.3. The first-order valence-corrected chi connectivity index (χ1v) is 12.4. The quantitative estimate of drug-likeness (QED) is 0.700. The van der Waals surface area contributed by atoms with Gasteiger partial charge in [-0.3, -0.25) is 4.90 Å². The van der Waals surface area contributed by atoms with E-state index in [9.17, 15) is 0 Å². The van der Waals surface area contributed by atoms with Crippen molar-refractivity contribution in [1.82, 2.24) is 14.9 Å². The highest BCUT2D eigenvalue weighted by Gasteiger charge is 2.26. The van der Waals surface area contributed by atoms with Crippen molar-refractivity contribution in [2.24, 2.45) is 5.92 Å². The molecule has 140 valence electrons. The van der Waals surface area contributed by atoms with Gasteiger partial charge in [-0.1, -0.05) is 37.3 Å². The maximum Gasteiger partial charge on any atom is 0.225 e. The second-order valence-corrected chi connectivity index (χ2v) is 11.5. The Labute approximate surface area is 158 Å². The molecular weight excluding hydrogens is 340 g/mol. The van der Waals surface area contributed by atoms with Crippen molar-refractivity contribution >= 4 is 19.5 Å². The molecule has 0 saturated carbocycles. The molecule has 1 aliphatic rings. The van der Waals surface area contributed by atoms with Gasteiger partial charge in [-0.15, -0.1) is 0 Å². The summed E-state index contributed by atoms with van der Waals surface area (Å²) >= 11 is 0. The highest BCUT2D eigenvalue weighted by molar-refractivity contribution is 6.84. The molecule has 0 N–H and O–H groups in total. The van der Waals surface area contributed by atoms with Crippen molar-refractivity contribution in [3.8, 4) is 0 Å². The first kappa shape index (κ1) is 19.0. The lowest BCUT2D eigenvalue weighted by molar-refractivity contribution is 0.176. The van der Waals surface area contributed by atoms with E-state index in [1.54, 1.807) is 0 Å². The van der Waals surface area contributed by atoms with E-state index < -0.39 is 8.32 Å². The van der Waals surface area contributed by atoms with E-state index in [0.29, 0.717) is 5.92 Å². The predicted octanol–water partition coefficient (Wildman–Crippen LogP) is 2.36. The largest absolute Gasteiger partial charge is 0.413 e. The van der Waals surface area contributed by atoms with Crippen LogP contribution in [0.15, 0.2) is 48.8 Å². The van der Waals surface area contributed by atoms with Gasteiger partial charge in [-0.25, -0.2) is 9.97 Å². The monoisotopic (exact) mass is 370 g/mol. The van der Waals surface area contributed by atoms with Crippen LogP contribution in [0.3, 0.4) is 0 Å². The predicted molar refractivity (Wildman–Crippen MR) is 109 cm³/mol. The second kappa shape index (κ2) is 8.75. The third kappa shape index (κ3) is 5.12. The molecule has 1 saturated heterocycles. The van der Waals surface area contributed by atoms with E-state index in [1.807, 2.05) is 18.5 Å². The van der Waals surface area contributed by atoms with Gasteiger partial charge < -0.3 is 9.33 Å². The fraction of sp³-hybridized carbons (Fsp3) is 0.500. The number of piperazine rings is 1. The van der Waals surface area contributed by atoms with Gasteiger partial charge in [0.1, 0.15) is 0 Å². The topological polar surface area (TPSA) is 41.5 Å². The van der Waals surface area contributed by atoms with Crippen molar-refractivity contribution in [2.75, 3.05) is 44.2 Å². The Morgan fingerprint density at radius 2 is 1.65 bits per heavy atom. The fourth-order valence-electron chi connectivity index (χ4n) is 3.35. The van der Waals surface area contributed by atoms with Crippen molar-refractivity contribution < 1.29 is 4.43 Å². The Bertz CT molecular complexity index is 660. The van der Waals surface area contributed by atoms with Crippen LogP contribution in [0.5, 0.6) is 0 Å². The smallest absolute Gasteiger partial charge is 0.225 e. The fourth-order valence-corrected chi connectivity index (χ4v) is 5.21. The number of anilines is 1. The third-order valence-electron chi connectivity index (χ3n) is 4.97. The number of nitrogens with zero attached hydrogens (tertiary/aromatic N) is 4. The van der Waals surface area contributed by atoms with Crippen molar-refractivity contribution in [3.05, 3.63) is 48.8 Å². The van der Waals surface area contributed by atoms with Gasteiger partial charge in [-0.05, 0) is 30.3 Å². The van der Waals surface area contributed by atoms with Crippen molar-refractivity contribution in [2.45, 2.75) is 20.0 Å². The number of hydrogen-bond donors (Lipinski definition) is 0. The third-order valence-corrected chi connectivity index (χ3v) is 7.59. The maximum absolute atomic E-state index is 6.39. The van der Waals surface area contributed by atoms with Gasteiger partial charge in [0.05, 0.1) is 0 Å². The van der Waals surface area contributed by atoms with Crippen LogP contribution in [-0.4, -0.2) is 62.5 Å². The highest BCUT2D eigenvalue weighted by atomic mass is 28.4. The Kier molecular flexibility index (Phi) is 6.40. The number of hydrogen-bond acceptors (Lipinski definition) is 5. The molecule has 2 aromatic rings. The molecule has 0 spiro atoms. The van der Waals surface area contributed by atoms with E-state index in [0.717, 1.165) is 45.3 Å². The SMILES string of the molecule is C[C@@H](CO[Si](C)(C)c1ccccc1)CN1CCN(c2ncccn2)CC1. The molecule has 0 bridgehead atoms.